The number of anilines is 1. The van der Waals surface area contributed by atoms with Gasteiger partial charge in [-0.25, -0.2) is 4.99 Å². The molecule has 1 saturated heterocycles. The monoisotopic (exact) mass is 574 g/mol. The first kappa shape index (κ1) is 26.9. The number of alkyl halides is 2. The van der Waals surface area contributed by atoms with E-state index in [9.17, 15) is 8.78 Å². The number of hydrogen-bond donors (Lipinski definition) is 2. The van der Waals surface area contributed by atoms with E-state index in [1.54, 1.807) is 25.1 Å². The summed E-state index contributed by atoms with van der Waals surface area (Å²) in [7, 11) is 0. The van der Waals surface area contributed by atoms with Crippen molar-refractivity contribution in [3.63, 3.8) is 0 Å². The van der Waals surface area contributed by atoms with E-state index in [1.165, 1.54) is 5.69 Å². The summed E-state index contributed by atoms with van der Waals surface area (Å²) < 4.78 is 36.1. The second-order valence-corrected chi connectivity index (χ2v) is 7.57. The average Bonchev–Trinajstić information content (AvgIpc) is 3.27. The fourth-order valence-corrected chi connectivity index (χ4v) is 3.80. The van der Waals surface area contributed by atoms with Crippen LogP contribution in [-0.2, 0) is 6.54 Å². The quantitative estimate of drug-likeness (QED) is 0.241. The Morgan fingerprint density at radius 1 is 1.12 bits per heavy atom. The van der Waals surface area contributed by atoms with E-state index in [2.05, 4.69) is 44.8 Å². The van der Waals surface area contributed by atoms with Crippen molar-refractivity contribution in [2.24, 2.45) is 10.9 Å². The highest BCUT2D eigenvalue weighted by atomic mass is 127. The third-order valence-corrected chi connectivity index (χ3v) is 5.28. The zero-order valence-electron chi connectivity index (χ0n) is 19.1. The zero-order valence-corrected chi connectivity index (χ0v) is 21.4. The number of nitrogens with one attached hydrogen (secondary N) is 2. The van der Waals surface area contributed by atoms with Gasteiger partial charge in [-0.05, 0) is 44.4 Å². The van der Waals surface area contributed by atoms with Crippen LogP contribution < -0.4 is 25.0 Å². The maximum Gasteiger partial charge on any atom is 0.387 e. The van der Waals surface area contributed by atoms with Crippen LogP contribution in [0.15, 0.2) is 53.5 Å². The molecular weight excluding hydrogens is 541 g/mol. The molecule has 9 heteroatoms. The predicted octanol–water partition coefficient (Wildman–Crippen LogP) is 4.89. The van der Waals surface area contributed by atoms with Crippen LogP contribution in [0.5, 0.6) is 11.5 Å². The first-order chi connectivity index (χ1) is 15.6. The molecule has 0 aromatic heterocycles. The maximum atomic E-state index is 12.9. The van der Waals surface area contributed by atoms with Crippen LogP contribution in [-0.4, -0.2) is 45.4 Å². The number of nitrogens with zero attached hydrogens (tertiary/aromatic N) is 2. The average molecular weight is 574 g/mol. The predicted molar refractivity (Wildman–Crippen MR) is 139 cm³/mol. The van der Waals surface area contributed by atoms with Gasteiger partial charge in [0.2, 0.25) is 0 Å². The number of halogens is 3. The number of hydrogen-bond acceptors (Lipinski definition) is 4. The molecule has 0 spiro atoms. The van der Waals surface area contributed by atoms with Crippen molar-refractivity contribution in [2.45, 2.75) is 33.4 Å². The Labute approximate surface area is 211 Å². The van der Waals surface area contributed by atoms with Gasteiger partial charge in [0.05, 0.1) is 13.2 Å². The molecule has 0 saturated carbocycles. The summed E-state index contributed by atoms with van der Waals surface area (Å²) in [5.41, 5.74) is 1.79. The van der Waals surface area contributed by atoms with E-state index < -0.39 is 6.61 Å². The van der Waals surface area contributed by atoms with E-state index in [4.69, 9.17) is 9.47 Å². The topological polar surface area (TPSA) is 58.1 Å². The van der Waals surface area contributed by atoms with Gasteiger partial charge in [-0.2, -0.15) is 8.78 Å². The molecule has 1 aliphatic rings. The normalized spacial score (nSPS) is 15.8. The van der Waals surface area contributed by atoms with Crippen LogP contribution in [0.2, 0.25) is 0 Å². The van der Waals surface area contributed by atoms with Crippen LogP contribution in [0.3, 0.4) is 0 Å². The zero-order chi connectivity index (χ0) is 22.8. The Balaban J connectivity index is 0.00000385. The third-order valence-electron chi connectivity index (χ3n) is 5.28. The summed E-state index contributed by atoms with van der Waals surface area (Å²) in [5, 5.41) is 6.62. The van der Waals surface area contributed by atoms with Crippen LogP contribution in [0.1, 0.15) is 25.8 Å². The van der Waals surface area contributed by atoms with Gasteiger partial charge in [-0.3, -0.25) is 0 Å². The van der Waals surface area contributed by atoms with Gasteiger partial charge in [0.15, 0.2) is 17.5 Å². The molecule has 1 unspecified atom stereocenters. The number of aliphatic imine (C=N–C) groups is 1. The fourth-order valence-electron chi connectivity index (χ4n) is 3.80. The molecule has 6 nitrogen and oxygen atoms in total. The van der Waals surface area contributed by atoms with Crippen molar-refractivity contribution in [2.75, 3.05) is 37.7 Å². The van der Waals surface area contributed by atoms with Crippen LogP contribution in [0.25, 0.3) is 0 Å². The van der Waals surface area contributed by atoms with E-state index in [-0.39, 0.29) is 36.3 Å². The standard InChI is InChI=1S/C24H32F2N4O2.HI/c1-3-27-24(28-15-18-13-14-30(17-18)20-10-6-5-7-11-20)29-16-19-9-8-12-21(31-4-2)22(19)32-23(25)26;/h5-12,18,23H,3-4,13-17H2,1-2H3,(H2,27,28,29);1H. The Hall–Kier alpha value is -2.30. The van der Waals surface area contributed by atoms with E-state index >= 15 is 0 Å². The molecule has 0 bridgehead atoms. The van der Waals surface area contributed by atoms with Crippen molar-refractivity contribution in [3.8, 4) is 11.5 Å². The molecule has 2 N–H and O–H groups in total. The first-order valence-corrected chi connectivity index (χ1v) is 11.1. The molecule has 0 amide bonds. The van der Waals surface area contributed by atoms with E-state index in [0.717, 1.165) is 26.1 Å². The lowest BCUT2D eigenvalue weighted by Crippen LogP contribution is -2.40. The number of benzene rings is 2. The number of rotatable bonds is 10. The van der Waals surface area contributed by atoms with Crippen LogP contribution >= 0.6 is 24.0 Å². The fraction of sp³-hybridized carbons (Fsp3) is 0.458. The van der Waals surface area contributed by atoms with Gasteiger partial charge in [-0.1, -0.05) is 30.3 Å². The van der Waals surface area contributed by atoms with Crippen molar-refractivity contribution in [1.29, 1.82) is 0 Å². The third kappa shape index (κ3) is 8.21. The van der Waals surface area contributed by atoms with Crippen LogP contribution in [0.4, 0.5) is 14.5 Å². The molecule has 1 fully saturated rings. The Morgan fingerprint density at radius 3 is 2.61 bits per heavy atom. The molecule has 0 radical (unpaired) electrons. The summed E-state index contributed by atoms with van der Waals surface area (Å²) in [4.78, 5) is 6.98. The lowest BCUT2D eigenvalue weighted by atomic mass is 10.1. The number of ether oxygens (including phenoxy) is 2. The van der Waals surface area contributed by atoms with Crippen molar-refractivity contribution < 1.29 is 18.3 Å². The van der Waals surface area contributed by atoms with E-state index in [0.29, 0.717) is 36.3 Å². The SMILES string of the molecule is CCNC(=NCc1cccc(OCC)c1OC(F)F)NCC1CCN(c2ccccc2)C1.I. The maximum absolute atomic E-state index is 12.9. The Morgan fingerprint density at radius 2 is 1.91 bits per heavy atom. The molecule has 182 valence electrons. The minimum Gasteiger partial charge on any atom is -0.490 e. The molecule has 0 aliphatic carbocycles. The number of guanidine groups is 1. The lowest BCUT2D eigenvalue weighted by molar-refractivity contribution is -0.0520. The van der Waals surface area contributed by atoms with Gasteiger partial charge in [0, 0.05) is 37.4 Å². The smallest absolute Gasteiger partial charge is 0.387 e. The summed E-state index contributed by atoms with van der Waals surface area (Å²) in [5.74, 6) is 1.48. The highest BCUT2D eigenvalue weighted by Crippen LogP contribution is 2.33. The molecule has 2 aromatic rings. The minimum absolute atomic E-state index is 0. The molecule has 1 aliphatic heterocycles. The molecule has 1 atom stereocenters. The highest BCUT2D eigenvalue weighted by molar-refractivity contribution is 14.0. The van der Waals surface area contributed by atoms with Crippen molar-refractivity contribution in [1.82, 2.24) is 10.6 Å². The Kier molecular flexibility index (Phi) is 11.5. The highest BCUT2D eigenvalue weighted by Gasteiger charge is 2.22. The van der Waals surface area contributed by atoms with Crippen molar-refractivity contribution >= 4 is 35.6 Å². The Bertz CT molecular complexity index is 871. The second kappa shape index (κ2) is 14.1. The molecule has 1 heterocycles. The summed E-state index contributed by atoms with van der Waals surface area (Å²) in [6.45, 7) is 4.91. The number of para-hydroxylation sites is 2. The van der Waals surface area contributed by atoms with Gasteiger partial charge in [-0.15, -0.1) is 24.0 Å². The molecule has 33 heavy (non-hydrogen) atoms. The summed E-state index contributed by atoms with van der Waals surface area (Å²) in [6.07, 6.45) is 1.10. The molecule has 3 rings (SSSR count). The minimum atomic E-state index is -2.93. The van der Waals surface area contributed by atoms with Gasteiger partial charge < -0.3 is 25.0 Å². The van der Waals surface area contributed by atoms with E-state index in [1.807, 2.05) is 13.0 Å². The van der Waals surface area contributed by atoms with Gasteiger partial charge in [0.1, 0.15) is 0 Å². The van der Waals surface area contributed by atoms with Crippen LogP contribution in [0, 0.1) is 5.92 Å². The lowest BCUT2D eigenvalue weighted by Gasteiger charge is -2.19. The van der Waals surface area contributed by atoms with Gasteiger partial charge >= 0.3 is 6.61 Å². The summed E-state index contributed by atoms with van der Waals surface area (Å²) >= 11 is 0. The van der Waals surface area contributed by atoms with Crippen molar-refractivity contribution in [3.05, 3.63) is 54.1 Å². The van der Waals surface area contributed by atoms with Gasteiger partial charge in [0.25, 0.3) is 0 Å². The first-order valence-electron chi connectivity index (χ1n) is 11.1. The molecular formula is C24H33F2IN4O2. The molecule has 2 aromatic carbocycles. The largest absolute Gasteiger partial charge is 0.490 e. The second-order valence-electron chi connectivity index (χ2n) is 7.57. The summed E-state index contributed by atoms with van der Waals surface area (Å²) in [6, 6.07) is 15.5.